The Morgan fingerprint density at radius 2 is 1.79 bits per heavy atom. The van der Waals surface area contributed by atoms with E-state index in [0.717, 1.165) is 0 Å². The Hall–Kier alpha value is -2.67. The second-order valence-corrected chi connectivity index (χ2v) is 5.43. The number of amides is 1. The van der Waals surface area contributed by atoms with Gasteiger partial charge in [-0.25, -0.2) is 22.5 Å². The Morgan fingerprint density at radius 1 is 1.12 bits per heavy atom. The second-order valence-electron chi connectivity index (χ2n) is 4.85. The summed E-state index contributed by atoms with van der Waals surface area (Å²) in [4.78, 5) is 18.8. The molecule has 124 valence electrons. The van der Waals surface area contributed by atoms with E-state index < -0.39 is 40.0 Å². The zero-order valence-corrected chi connectivity index (χ0v) is 12.9. The first-order valence-electron chi connectivity index (χ1n) is 6.47. The predicted molar refractivity (Wildman–Crippen MR) is 84.1 cm³/mol. The van der Waals surface area contributed by atoms with E-state index >= 15 is 0 Å². The topological polar surface area (TPSA) is 83.8 Å². The van der Waals surface area contributed by atoms with Crippen molar-refractivity contribution in [1.29, 1.82) is 0 Å². The molecule has 1 unspecified atom stereocenters. The molecule has 0 aliphatic rings. The van der Waals surface area contributed by atoms with Crippen molar-refractivity contribution < 1.29 is 22.4 Å². The molecule has 5 nitrogen and oxygen atoms in total. The fourth-order valence-electron chi connectivity index (χ4n) is 2.17. The van der Waals surface area contributed by atoms with Gasteiger partial charge < -0.3 is 16.0 Å². The lowest BCUT2D eigenvalue weighted by atomic mass is 10.1. The lowest BCUT2D eigenvalue weighted by Crippen LogP contribution is -2.25. The summed E-state index contributed by atoms with van der Waals surface area (Å²) in [5.74, 6) is -8.44. The van der Waals surface area contributed by atoms with Crippen LogP contribution in [0.1, 0.15) is 10.4 Å². The number of rotatable bonds is 2. The number of imidazole rings is 1. The standard InChI is InChI=1S/C14H9F4N4OP/c15-8-7(12(24)11(18)10(17)9(8)16)13(23)20-4-1-2-5-6(3-4)22-14(19)21-5/h1-3H,24H2,(H,20,23)(H3,19,21,22). The molecule has 0 radical (unpaired) electrons. The van der Waals surface area contributed by atoms with E-state index in [9.17, 15) is 22.4 Å². The number of fused-ring (bicyclic) bond motifs is 1. The number of halogens is 4. The Balaban J connectivity index is 2.00. The Morgan fingerprint density at radius 3 is 2.50 bits per heavy atom. The molecule has 0 bridgehead atoms. The molecule has 0 saturated heterocycles. The number of aromatic amines is 1. The smallest absolute Gasteiger partial charge is 0.259 e. The predicted octanol–water partition coefficient (Wildman–Crippen LogP) is 2.45. The summed E-state index contributed by atoms with van der Waals surface area (Å²) in [5, 5.41) is 1.57. The van der Waals surface area contributed by atoms with E-state index in [1.165, 1.54) is 18.2 Å². The van der Waals surface area contributed by atoms with Crippen LogP contribution in [0.4, 0.5) is 29.2 Å². The zero-order chi connectivity index (χ0) is 17.6. The van der Waals surface area contributed by atoms with Crippen molar-refractivity contribution in [3.63, 3.8) is 0 Å². The average Bonchev–Trinajstić information content (AvgIpc) is 2.90. The van der Waals surface area contributed by atoms with Crippen LogP contribution >= 0.6 is 9.24 Å². The van der Waals surface area contributed by atoms with Gasteiger partial charge in [0.15, 0.2) is 29.2 Å². The van der Waals surface area contributed by atoms with Gasteiger partial charge >= 0.3 is 0 Å². The summed E-state index contributed by atoms with van der Waals surface area (Å²) >= 11 is 0. The van der Waals surface area contributed by atoms with Gasteiger partial charge in [-0.15, -0.1) is 9.24 Å². The third-order valence-electron chi connectivity index (χ3n) is 3.29. The fourth-order valence-corrected chi connectivity index (χ4v) is 2.56. The highest BCUT2D eigenvalue weighted by molar-refractivity contribution is 7.27. The molecule has 4 N–H and O–H groups in total. The van der Waals surface area contributed by atoms with Crippen LogP contribution in [0.2, 0.25) is 0 Å². The van der Waals surface area contributed by atoms with Crippen molar-refractivity contribution in [1.82, 2.24) is 9.97 Å². The molecule has 0 aliphatic heterocycles. The van der Waals surface area contributed by atoms with Gasteiger partial charge in [0.25, 0.3) is 5.91 Å². The van der Waals surface area contributed by atoms with E-state index in [2.05, 4.69) is 15.3 Å². The average molecular weight is 356 g/mol. The number of nitrogen functional groups attached to an aromatic ring is 1. The molecule has 3 aromatic rings. The fraction of sp³-hybridized carbons (Fsp3) is 0. The first-order valence-corrected chi connectivity index (χ1v) is 7.05. The number of hydrogen-bond donors (Lipinski definition) is 3. The van der Waals surface area contributed by atoms with Gasteiger partial charge in [-0.05, 0) is 18.2 Å². The minimum Gasteiger partial charge on any atom is -0.369 e. The number of anilines is 2. The minimum absolute atomic E-state index is 0.162. The summed E-state index contributed by atoms with van der Waals surface area (Å²) in [7, 11) is 1.68. The number of hydrogen-bond acceptors (Lipinski definition) is 3. The van der Waals surface area contributed by atoms with Gasteiger partial charge in [-0.3, -0.25) is 4.79 Å². The van der Waals surface area contributed by atoms with Crippen molar-refractivity contribution in [2.75, 3.05) is 11.1 Å². The summed E-state index contributed by atoms with van der Waals surface area (Å²) in [6, 6.07) is 4.42. The van der Waals surface area contributed by atoms with Crippen LogP contribution in [0.25, 0.3) is 11.0 Å². The molecule has 0 spiro atoms. The highest BCUT2D eigenvalue weighted by Crippen LogP contribution is 2.22. The maximum atomic E-state index is 13.8. The van der Waals surface area contributed by atoms with Gasteiger partial charge in [-0.2, -0.15) is 0 Å². The largest absolute Gasteiger partial charge is 0.369 e. The number of nitrogens with zero attached hydrogens (tertiary/aromatic N) is 1. The van der Waals surface area contributed by atoms with Gasteiger partial charge in [0.2, 0.25) is 0 Å². The van der Waals surface area contributed by atoms with Crippen LogP contribution in [0.3, 0.4) is 0 Å². The van der Waals surface area contributed by atoms with Crippen molar-refractivity contribution in [3.8, 4) is 0 Å². The zero-order valence-electron chi connectivity index (χ0n) is 11.8. The lowest BCUT2D eigenvalue weighted by molar-refractivity contribution is 0.102. The summed E-state index contributed by atoms with van der Waals surface area (Å²) in [6.07, 6.45) is 0. The number of benzene rings is 2. The van der Waals surface area contributed by atoms with Gasteiger partial charge in [0.05, 0.1) is 16.6 Å². The molecule has 0 saturated carbocycles. The van der Waals surface area contributed by atoms with E-state index in [4.69, 9.17) is 5.73 Å². The summed E-state index contributed by atoms with van der Waals surface area (Å²) < 4.78 is 53.8. The molecule has 0 fully saturated rings. The summed E-state index contributed by atoms with van der Waals surface area (Å²) in [5.41, 5.74) is 5.77. The molecular weight excluding hydrogens is 347 g/mol. The molecule has 10 heteroatoms. The van der Waals surface area contributed by atoms with Gasteiger partial charge in [-0.1, -0.05) is 0 Å². The van der Waals surface area contributed by atoms with Crippen LogP contribution < -0.4 is 16.4 Å². The van der Waals surface area contributed by atoms with Gasteiger partial charge in [0, 0.05) is 11.0 Å². The molecule has 1 amide bonds. The number of H-pyrrole nitrogens is 1. The Bertz CT molecular complexity index is 960. The van der Waals surface area contributed by atoms with Crippen LogP contribution in [-0.4, -0.2) is 15.9 Å². The molecular formula is C14H9F4N4OP. The van der Waals surface area contributed by atoms with Crippen LogP contribution in [0, 0.1) is 23.3 Å². The van der Waals surface area contributed by atoms with Gasteiger partial charge in [0.1, 0.15) is 0 Å². The van der Waals surface area contributed by atoms with Crippen molar-refractivity contribution in [2.45, 2.75) is 0 Å². The Kier molecular flexibility index (Phi) is 3.88. The first-order chi connectivity index (χ1) is 11.3. The van der Waals surface area contributed by atoms with Crippen molar-refractivity contribution >= 4 is 43.1 Å². The molecule has 1 heterocycles. The third-order valence-corrected chi connectivity index (χ3v) is 3.83. The van der Waals surface area contributed by atoms with E-state index in [0.29, 0.717) is 11.0 Å². The maximum absolute atomic E-state index is 13.8. The van der Waals surface area contributed by atoms with Crippen molar-refractivity contribution in [3.05, 3.63) is 47.0 Å². The highest BCUT2D eigenvalue weighted by Gasteiger charge is 2.27. The molecule has 3 rings (SSSR count). The number of nitrogens with one attached hydrogen (secondary N) is 2. The molecule has 0 aliphatic carbocycles. The normalized spacial score (nSPS) is 11.0. The third kappa shape index (κ3) is 2.56. The number of carbonyl (C=O) groups is 1. The van der Waals surface area contributed by atoms with Crippen LogP contribution in [0.15, 0.2) is 18.2 Å². The van der Waals surface area contributed by atoms with Crippen LogP contribution in [0.5, 0.6) is 0 Å². The monoisotopic (exact) mass is 356 g/mol. The van der Waals surface area contributed by atoms with E-state index in [1.54, 1.807) is 9.24 Å². The SMILES string of the molecule is Nc1nc2ccc(NC(=O)c3c(F)c(F)c(F)c(F)c3P)cc2[nH]1. The van der Waals surface area contributed by atoms with E-state index in [-0.39, 0.29) is 11.6 Å². The lowest BCUT2D eigenvalue weighted by Gasteiger charge is -2.11. The van der Waals surface area contributed by atoms with Crippen molar-refractivity contribution in [2.24, 2.45) is 0 Å². The summed E-state index contributed by atoms with van der Waals surface area (Å²) in [6.45, 7) is 0. The maximum Gasteiger partial charge on any atom is 0.259 e. The number of nitrogens with two attached hydrogens (primary N) is 1. The Labute approximate surface area is 134 Å². The minimum atomic E-state index is -2.05. The molecule has 2 aromatic carbocycles. The highest BCUT2D eigenvalue weighted by atomic mass is 31.0. The molecule has 1 aromatic heterocycles. The van der Waals surface area contributed by atoms with Crippen LogP contribution in [-0.2, 0) is 0 Å². The first kappa shape index (κ1) is 16.2. The number of carbonyl (C=O) groups excluding carboxylic acids is 1. The van der Waals surface area contributed by atoms with E-state index in [1.807, 2.05) is 0 Å². The quantitative estimate of drug-likeness (QED) is 0.285. The number of aromatic nitrogens is 2. The molecule has 1 atom stereocenters. The molecule has 24 heavy (non-hydrogen) atoms. The second kappa shape index (κ2) is 5.76.